The van der Waals surface area contributed by atoms with E-state index >= 15 is 0 Å². The Kier molecular flexibility index (Phi) is 8.45. The Labute approximate surface area is 230 Å². The Morgan fingerprint density at radius 2 is 1.92 bits per heavy atom. The van der Waals surface area contributed by atoms with Crippen molar-refractivity contribution < 1.29 is 9.53 Å². The molecule has 4 aromatic rings. The summed E-state index contributed by atoms with van der Waals surface area (Å²) in [5.41, 5.74) is 1.10. The van der Waals surface area contributed by atoms with Crippen LogP contribution in [0.2, 0.25) is 10.0 Å². The van der Waals surface area contributed by atoms with Crippen LogP contribution in [0.1, 0.15) is 37.7 Å². The molecule has 5 rings (SSSR count). The minimum atomic E-state index is -0.592. The summed E-state index contributed by atoms with van der Waals surface area (Å²) in [4.78, 5) is 25.3. The first kappa shape index (κ1) is 26.7. The van der Waals surface area contributed by atoms with Crippen LogP contribution in [0.4, 0.5) is 5.13 Å². The fraction of sp³-hybridized carbons (Fsp3) is 0.346. The highest BCUT2D eigenvalue weighted by Crippen LogP contribution is 2.45. The Bertz CT molecular complexity index is 1320. The monoisotopic (exact) mass is 564 g/mol. The summed E-state index contributed by atoms with van der Waals surface area (Å²) in [7, 11) is 1.61. The number of carbonyl (C=O) groups is 1. The number of fused-ring (bicyclic) bond motifs is 1. The molecule has 0 spiro atoms. The molecule has 0 aliphatic heterocycles. The molecule has 190 valence electrons. The van der Waals surface area contributed by atoms with Gasteiger partial charge in [-0.15, -0.1) is 12.4 Å². The van der Waals surface area contributed by atoms with E-state index in [0.717, 1.165) is 48.9 Å². The smallest absolute Gasteiger partial charge is 0.239 e. The van der Waals surface area contributed by atoms with Crippen molar-refractivity contribution in [3.05, 3.63) is 70.7 Å². The molecule has 6 nitrogen and oxygen atoms in total. The van der Waals surface area contributed by atoms with Gasteiger partial charge in [0.15, 0.2) is 5.13 Å². The molecule has 0 atom stereocenters. The number of thiazole rings is 1. The largest absolute Gasteiger partial charge is 0.494 e. The molecule has 10 heteroatoms. The molecule has 1 amide bonds. The molecule has 0 saturated heterocycles. The number of ether oxygens (including phenoxy) is 1. The Balaban J connectivity index is 0.00000304. The lowest BCUT2D eigenvalue weighted by Gasteiger charge is -2.34. The quantitative estimate of drug-likeness (QED) is 0.227. The molecule has 2 aromatic carbocycles. The average molecular weight is 566 g/mol. The van der Waals surface area contributed by atoms with Crippen LogP contribution < -0.4 is 9.64 Å². The predicted octanol–water partition coefficient (Wildman–Crippen LogP) is 7.17. The first-order valence-corrected chi connectivity index (χ1v) is 13.3. The van der Waals surface area contributed by atoms with Crippen molar-refractivity contribution in [1.82, 2.24) is 14.5 Å². The standard InChI is InChI=1S/C26H26Cl2N4O2S.ClH/c1-34-21-10-9-20(28)23-22(21)30-25(35-23)32(15-4-14-31-16-13-29-17-31)24(33)26(11-2-3-12-26)18-5-7-19(27)8-6-18;/h5-10,13,16-17H,2-4,11-12,14-15H2,1H3;1H. The number of halogens is 3. The van der Waals surface area contributed by atoms with Gasteiger partial charge in [0, 0.05) is 30.5 Å². The number of benzene rings is 2. The molecule has 2 heterocycles. The van der Waals surface area contributed by atoms with Gasteiger partial charge >= 0.3 is 0 Å². The van der Waals surface area contributed by atoms with Crippen molar-refractivity contribution in [1.29, 1.82) is 0 Å². The molecule has 0 unspecified atom stereocenters. The summed E-state index contributed by atoms with van der Waals surface area (Å²) >= 11 is 14.1. The lowest BCUT2D eigenvalue weighted by Crippen LogP contribution is -2.46. The van der Waals surface area contributed by atoms with Crippen molar-refractivity contribution in [2.75, 3.05) is 18.6 Å². The van der Waals surface area contributed by atoms with Crippen LogP contribution in [0.25, 0.3) is 10.2 Å². The first-order valence-electron chi connectivity index (χ1n) is 11.7. The summed E-state index contributed by atoms with van der Waals surface area (Å²) in [5.74, 6) is 0.725. The maximum atomic E-state index is 14.4. The van der Waals surface area contributed by atoms with Crippen LogP contribution in [-0.4, -0.2) is 34.1 Å². The summed E-state index contributed by atoms with van der Waals surface area (Å²) in [6.07, 6.45) is 9.88. The topological polar surface area (TPSA) is 60.2 Å². The van der Waals surface area contributed by atoms with Crippen LogP contribution in [0.3, 0.4) is 0 Å². The molecule has 2 aromatic heterocycles. The fourth-order valence-corrected chi connectivity index (χ4v) is 6.37. The van der Waals surface area contributed by atoms with Crippen LogP contribution in [0.15, 0.2) is 55.1 Å². The van der Waals surface area contributed by atoms with Gasteiger partial charge in [-0.1, -0.05) is 59.5 Å². The van der Waals surface area contributed by atoms with E-state index in [1.807, 2.05) is 52.1 Å². The lowest BCUT2D eigenvalue weighted by molar-refractivity contribution is -0.124. The van der Waals surface area contributed by atoms with E-state index in [9.17, 15) is 4.79 Å². The lowest BCUT2D eigenvalue weighted by atomic mass is 9.77. The number of anilines is 1. The van der Waals surface area contributed by atoms with E-state index in [1.165, 1.54) is 11.3 Å². The van der Waals surface area contributed by atoms with Gasteiger partial charge in [-0.25, -0.2) is 9.97 Å². The van der Waals surface area contributed by atoms with Gasteiger partial charge in [-0.05, 0) is 49.1 Å². The maximum absolute atomic E-state index is 14.4. The summed E-state index contributed by atoms with van der Waals surface area (Å²) in [5, 5.41) is 1.91. The highest BCUT2D eigenvalue weighted by molar-refractivity contribution is 7.23. The average Bonchev–Trinajstić information content (AvgIpc) is 3.64. The molecule has 1 aliphatic carbocycles. The summed E-state index contributed by atoms with van der Waals surface area (Å²) in [6, 6.07) is 11.3. The van der Waals surface area contributed by atoms with Gasteiger partial charge in [-0.3, -0.25) is 9.69 Å². The number of carbonyl (C=O) groups excluding carboxylic acids is 1. The minimum absolute atomic E-state index is 0. The number of rotatable bonds is 8. The van der Waals surface area contributed by atoms with E-state index < -0.39 is 5.41 Å². The second-order valence-electron chi connectivity index (χ2n) is 8.83. The number of imidazole rings is 1. The van der Waals surface area contributed by atoms with Gasteiger partial charge in [0.25, 0.3) is 0 Å². The first-order chi connectivity index (χ1) is 17.0. The zero-order valence-corrected chi connectivity index (χ0v) is 23.0. The number of hydrogen-bond acceptors (Lipinski definition) is 5. The second kappa shape index (κ2) is 11.4. The van der Waals surface area contributed by atoms with Crippen LogP contribution in [0, 0.1) is 0 Å². The second-order valence-corrected chi connectivity index (χ2v) is 10.7. The molecular weight excluding hydrogens is 539 g/mol. The summed E-state index contributed by atoms with van der Waals surface area (Å²) in [6.45, 7) is 1.29. The number of nitrogens with zero attached hydrogens (tertiary/aromatic N) is 4. The Hall–Kier alpha value is -2.32. The number of hydrogen-bond donors (Lipinski definition) is 0. The van der Waals surface area contributed by atoms with Crippen LogP contribution >= 0.6 is 46.9 Å². The molecule has 1 fully saturated rings. The molecule has 1 aliphatic rings. The Morgan fingerprint density at radius 3 is 2.58 bits per heavy atom. The zero-order chi connectivity index (χ0) is 24.4. The SMILES string of the molecule is COc1ccc(Cl)c2sc(N(CCCn3ccnc3)C(=O)C3(c4ccc(Cl)cc4)CCCC3)nc12.Cl. The van der Waals surface area contributed by atoms with Crippen LogP contribution in [-0.2, 0) is 16.8 Å². The van der Waals surface area contributed by atoms with Gasteiger partial charge < -0.3 is 9.30 Å². The molecule has 1 saturated carbocycles. The van der Waals surface area contributed by atoms with E-state index in [4.69, 9.17) is 32.9 Å². The zero-order valence-electron chi connectivity index (χ0n) is 19.8. The van der Waals surface area contributed by atoms with E-state index in [2.05, 4.69) is 4.98 Å². The van der Waals surface area contributed by atoms with Crippen molar-refractivity contribution >= 4 is 68.2 Å². The van der Waals surface area contributed by atoms with Gasteiger partial charge in [-0.2, -0.15) is 0 Å². The molecule has 0 N–H and O–H groups in total. The third kappa shape index (κ3) is 5.07. The van der Waals surface area contributed by atoms with Crippen molar-refractivity contribution in [3.63, 3.8) is 0 Å². The van der Waals surface area contributed by atoms with Crippen LogP contribution in [0.5, 0.6) is 5.75 Å². The fourth-order valence-electron chi connectivity index (χ4n) is 4.97. The highest BCUT2D eigenvalue weighted by atomic mass is 35.5. The van der Waals surface area contributed by atoms with E-state index in [-0.39, 0.29) is 18.3 Å². The molecule has 0 radical (unpaired) electrons. The van der Waals surface area contributed by atoms with Crippen molar-refractivity contribution in [3.8, 4) is 5.75 Å². The summed E-state index contributed by atoms with van der Waals surface area (Å²) < 4.78 is 8.36. The van der Waals surface area contributed by atoms with Gasteiger partial charge in [0.1, 0.15) is 11.3 Å². The minimum Gasteiger partial charge on any atom is -0.494 e. The number of aryl methyl sites for hydroxylation is 1. The maximum Gasteiger partial charge on any atom is 0.239 e. The third-order valence-electron chi connectivity index (χ3n) is 6.76. The molecular formula is C26H27Cl3N4O2S. The van der Waals surface area contributed by atoms with E-state index in [0.29, 0.717) is 33.0 Å². The van der Waals surface area contributed by atoms with E-state index in [1.54, 1.807) is 19.6 Å². The van der Waals surface area contributed by atoms with Gasteiger partial charge in [0.05, 0.1) is 28.6 Å². The normalized spacial score (nSPS) is 14.5. The third-order valence-corrected chi connectivity index (χ3v) is 8.55. The molecule has 36 heavy (non-hydrogen) atoms. The highest BCUT2D eigenvalue weighted by Gasteiger charge is 2.45. The number of amides is 1. The molecule has 0 bridgehead atoms. The predicted molar refractivity (Wildman–Crippen MR) is 149 cm³/mol. The number of methoxy groups -OCH3 is 1. The van der Waals surface area contributed by atoms with Crippen molar-refractivity contribution in [2.45, 2.75) is 44.1 Å². The Morgan fingerprint density at radius 1 is 1.17 bits per heavy atom. The number of aromatic nitrogens is 3. The van der Waals surface area contributed by atoms with Gasteiger partial charge in [0.2, 0.25) is 5.91 Å². The van der Waals surface area contributed by atoms with Crippen molar-refractivity contribution in [2.24, 2.45) is 0 Å².